The fourth-order valence-electron chi connectivity index (χ4n) is 1.41. The minimum Gasteiger partial charge on any atom is -0.424 e. The van der Waals surface area contributed by atoms with E-state index in [2.05, 4.69) is 9.97 Å². The highest BCUT2D eigenvalue weighted by Crippen LogP contribution is 2.18. The molecule has 1 aromatic carbocycles. The maximum absolute atomic E-state index is 12.1. The minimum absolute atomic E-state index is 0.322. The average molecular weight is 232 g/mol. The van der Waals surface area contributed by atoms with Crippen molar-refractivity contribution in [1.29, 1.82) is 0 Å². The lowest BCUT2D eigenvalue weighted by Crippen LogP contribution is -1.93. The Hall–Kier alpha value is -1.97. The molecule has 0 amide bonds. The zero-order chi connectivity index (χ0) is 12.1. The molecule has 0 saturated carbocycles. The highest BCUT2D eigenvalue weighted by molar-refractivity contribution is 5.29. The third kappa shape index (κ3) is 3.24. The summed E-state index contributed by atoms with van der Waals surface area (Å²) in [6, 6.07) is 9.38. The summed E-state index contributed by atoms with van der Waals surface area (Å²) in [6.07, 6.45) is 2.08. The number of ether oxygens (including phenoxy) is 1. The highest BCUT2D eigenvalue weighted by atomic mass is 19.1. The van der Waals surface area contributed by atoms with Crippen LogP contribution in [-0.4, -0.2) is 16.6 Å². The Bertz CT molecular complexity index is 485. The maximum Gasteiger partial charge on any atom is 0.322 e. The Morgan fingerprint density at radius 3 is 2.59 bits per heavy atom. The summed E-state index contributed by atoms with van der Waals surface area (Å²) >= 11 is 0. The van der Waals surface area contributed by atoms with Crippen LogP contribution in [-0.2, 0) is 6.42 Å². The minimum atomic E-state index is -0.346. The lowest BCUT2D eigenvalue weighted by molar-refractivity contribution is 0.440. The Labute approximate surface area is 99.3 Å². The number of aryl methyl sites for hydroxylation is 2. The van der Waals surface area contributed by atoms with E-state index in [4.69, 9.17) is 4.74 Å². The molecule has 0 spiro atoms. The van der Waals surface area contributed by atoms with Gasteiger partial charge < -0.3 is 4.74 Å². The molecule has 2 rings (SSSR count). The summed E-state index contributed by atoms with van der Waals surface area (Å²) in [7, 11) is 0. The molecule has 88 valence electrons. The quantitative estimate of drug-likeness (QED) is 0.812. The van der Waals surface area contributed by atoms with Crippen LogP contribution in [0.2, 0.25) is 0 Å². The van der Waals surface area contributed by atoms with E-state index in [-0.39, 0.29) is 6.67 Å². The fourth-order valence-corrected chi connectivity index (χ4v) is 1.41. The van der Waals surface area contributed by atoms with Crippen molar-refractivity contribution >= 4 is 0 Å². The molecule has 4 heteroatoms. The van der Waals surface area contributed by atoms with E-state index < -0.39 is 0 Å². The molecule has 0 aliphatic carbocycles. The summed E-state index contributed by atoms with van der Waals surface area (Å²) < 4.78 is 17.6. The molecule has 0 atom stereocenters. The standard InChI is InChI=1S/C13H13FN2O/c1-10-7-9-15-13(16-10)17-12-4-2-11(3-5-12)6-8-14/h2-5,7,9H,6,8H2,1H3. The molecule has 0 fully saturated rings. The van der Waals surface area contributed by atoms with Crippen LogP contribution in [0.15, 0.2) is 36.5 Å². The van der Waals surface area contributed by atoms with Crippen molar-refractivity contribution in [2.75, 3.05) is 6.67 Å². The molecule has 0 N–H and O–H groups in total. The van der Waals surface area contributed by atoms with Crippen molar-refractivity contribution in [3.63, 3.8) is 0 Å². The Morgan fingerprint density at radius 2 is 1.94 bits per heavy atom. The van der Waals surface area contributed by atoms with E-state index >= 15 is 0 Å². The first-order chi connectivity index (χ1) is 8.28. The van der Waals surface area contributed by atoms with Gasteiger partial charge in [-0.2, -0.15) is 0 Å². The SMILES string of the molecule is Cc1ccnc(Oc2ccc(CCF)cc2)n1. The Kier molecular flexibility index (Phi) is 3.65. The van der Waals surface area contributed by atoms with Crippen molar-refractivity contribution in [2.24, 2.45) is 0 Å². The molecule has 0 saturated heterocycles. The first kappa shape index (κ1) is 11.5. The first-order valence-electron chi connectivity index (χ1n) is 5.40. The van der Waals surface area contributed by atoms with E-state index in [1.165, 1.54) is 0 Å². The molecule has 1 aromatic heterocycles. The van der Waals surface area contributed by atoms with E-state index in [9.17, 15) is 4.39 Å². The summed E-state index contributed by atoms with van der Waals surface area (Å²) in [6.45, 7) is 1.53. The van der Waals surface area contributed by atoms with Gasteiger partial charge in [0.15, 0.2) is 0 Å². The maximum atomic E-state index is 12.1. The van der Waals surface area contributed by atoms with Crippen LogP contribution in [0.4, 0.5) is 4.39 Å². The van der Waals surface area contributed by atoms with E-state index in [0.29, 0.717) is 18.2 Å². The number of benzene rings is 1. The predicted molar refractivity (Wildman–Crippen MR) is 63.0 cm³/mol. The zero-order valence-electron chi connectivity index (χ0n) is 9.56. The molecule has 3 nitrogen and oxygen atoms in total. The van der Waals surface area contributed by atoms with Crippen molar-refractivity contribution in [3.8, 4) is 11.8 Å². The molecule has 0 unspecified atom stereocenters. The molecule has 0 aliphatic rings. The zero-order valence-corrected chi connectivity index (χ0v) is 9.56. The number of nitrogens with zero attached hydrogens (tertiary/aromatic N) is 2. The Balaban J connectivity index is 2.08. The largest absolute Gasteiger partial charge is 0.424 e. The van der Waals surface area contributed by atoms with Gasteiger partial charge in [0, 0.05) is 18.3 Å². The number of hydrogen-bond acceptors (Lipinski definition) is 3. The van der Waals surface area contributed by atoms with Gasteiger partial charge in [0.1, 0.15) is 5.75 Å². The predicted octanol–water partition coefficient (Wildman–Crippen LogP) is 3.09. The number of aromatic nitrogens is 2. The molecular weight excluding hydrogens is 219 g/mol. The lowest BCUT2D eigenvalue weighted by Gasteiger charge is -2.04. The van der Waals surface area contributed by atoms with Crippen molar-refractivity contribution in [2.45, 2.75) is 13.3 Å². The molecule has 1 heterocycles. The van der Waals surface area contributed by atoms with Crippen molar-refractivity contribution in [1.82, 2.24) is 9.97 Å². The molecule has 17 heavy (non-hydrogen) atoms. The van der Waals surface area contributed by atoms with Gasteiger partial charge in [-0.3, -0.25) is 4.39 Å². The lowest BCUT2D eigenvalue weighted by atomic mass is 10.2. The molecule has 0 bridgehead atoms. The number of rotatable bonds is 4. The third-order valence-corrected chi connectivity index (χ3v) is 2.29. The van der Waals surface area contributed by atoms with Crippen LogP contribution < -0.4 is 4.74 Å². The van der Waals surface area contributed by atoms with Crippen LogP contribution in [0.3, 0.4) is 0 Å². The summed E-state index contributed by atoms with van der Waals surface area (Å²) in [5.41, 5.74) is 1.80. The van der Waals surface area contributed by atoms with Gasteiger partial charge in [0.2, 0.25) is 0 Å². The summed E-state index contributed by atoms with van der Waals surface area (Å²) in [5, 5.41) is 0. The Morgan fingerprint density at radius 1 is 1.18 bits per heavy atom. The molecular formula is C13H13FN2O. The average Bonchev–Trinajstić information content (AvgIpc) is 2.32. The second kappa shape index (κ2) is 5.39. The van der Waals surface area contributed by atoms with E-state index in [1.807, 2.05) is 19.1 Å². The second-order valence-corrected chi connectivity index (χ2v) is 3.67. The van der Waals surface area contributed by atoms with Gasteiger partial charge in [-0.25, -0.2) is 9.97 Å². The molecule has 0 radical (unpaired) electrons. The number of hydrogen-bond donors (Lipinski definition) is 0. The van der Waals surface area contributed by atoms with E-state index in [0.717, 1.165) is 11.3 Å². The highest BCUT2D eigenvalue weighted by Gasteiger charge is 2.00. The first-order valence-corrected chi connectivity index (χ1v) is 5.40. The smallest absolute Gasteiger partial charge is 0.322 e. The van der Waals surface area contributed by atoms with Crippen LogP contribution in [0, 0.1) is 6.92 Å². The van der Waals surface area contributed by atoms with Gasteiger partial charge in [0.25, 0.3) is 0 Å². The molecule has 0 aliphatic heterocycles. The topological polar surface area (TPSA) is 35.0 Å². The molecule has 2 aromatic rings. The monoisotopic (exact) mass is 232 g/mol. The third-order valence-electron chi connectivity index (χ3n) is 2.29. The van der Waals surface area contributed by atoms with Gasteiger partial charge >= 0.3 is 6.01 Å². The van der Waals surface area contributed by atoms with Crippen molar-refractivity contribution < 1.29 is 9.13 Å². The van der Waals surface area contributed by atoms with Gasteiger partial charge in [-0.1, -0.05) is 12.1 Å². The summed E-state index contributed by atoms with van der Waals surface area (Å²) in [4.78, 5) is 8.13. The van der Waals surface area contributed by atoms with Crippen LogP contribution in [0.5, 0.6) is 11.8 Å². The van der Waals surface area contributed by atoms with Gasteiger partial charge in [0.05, 0.1) is 6.67 Å². The van der Waals surface area contributed by atoms with E-state index in [1.54, 1.807) is 24.4 Å². The van der Waals surface area contributed by atoms with Crippen molar-refractivity contribution in [3.05, 3.63) is 47.8 Å². The van der Waals surface area contributed by atoms with Gasteiger partial charge in [-0.15, -0.1) is 0 Å². The second-order valence-electron chi connectivity index (χ2n) is 3.67. The van der Waals surface area contributed by atoms with Gasteiger partial charge in [-0.05, 0) is 30.7 Å². The number of halogens is 1. The number of alkyl halides is 1. The summed E-state index contributed by atoms with van der Waals surface area (Å²) in [5.74, 6) is 0.651. The van der Waals surface area contributed by atoms with Crippen LogP contribution in [0.1, 0.15) is 11.3 Å². The normalized spacial score (nSPS) is 10.2. The van der Waals surface area contributed by atoms with Crippen LogP contribution >= 0.6 is 0 Å². The fraction of sp³-hybridized carbons (Fsp3) is 0.231. The van der Waals surface area contributed by atoms with Crippen LogP contribution in [0.25, 0.3) is 0 Å².